The van der Waals surface area contributed by atoms with Crippen molar-refractivity contribution >= 4 is 0 Å². The Bertz CT molecular complexity index is 421. The zero-order valence-electron chi connectivity index (χ0n) is 14.7. The van der Waals surface area contributed by atoms with Gasteiger partial charge in [0.25, 0.3) is 0 Å². The average Bonchev–Trinajstić information content (AvgIpc) is 2.11. The van der Waals surface area contributed by atoms with E-state index in [2.05, 4.69) is 81.4 Å². The first-order chi connectivity index (χ1) is 8.24. The molecule has 1 aromatic rings. The second-order valence-corrected chi connectivity index (χ2v) is 8.95. The fourth-order valence-corrected chi connectivity index (χ4v) is 2.71. The Morgan fingerprint density at radius 2 is 0.895 bits per heavy atom. The molecule has 0 aromatic heterocycles. The van der Waals surface area contributed by atoms with Gasteiger partial charge in [0.15, 0.2) is 0 Å². The fraction of sp³-hybridized carbons (Fsp3) is 0.684. The highest BCUT2D eigenvalue weighted by Gasteiger charge is 2.26. The van der Waals surface area contributed by atoms with E-state index >= 15 is 0 Å². The molecular formula is C19H32. The van der Waals surface area contributed by atoms with Gasteiger partial charge in [-0.3, -0.25) is 0 Å². The van der Waals surface area contributed by atoms with Gasteiger partial charge in [-0.05, 0) is 45.4 Å². The maximum absolute atomic E-state index is 2.42. The first-order valence-electron chi connectivity index (χ1n) is 7.40. The lowest BCUT2D eigenvalue weighted by Gasteiger charge is -2.32. The number of rotatable bonds is 0. The summed E-state index contributed by atoms with van der Waals surface area (Å²) < 4.78 is 0. The van der Waals surface area contributed by atoms with Crippen LogP contribution >= 0.6 is 0 Å². The van der Waals surface area contributed by atoms with Crippen LogP contribution in [0.15, 0.2) is 12.1 Å². The van der Waals surface area contributed by atoms with Crippen molar-refractivity contribution in [3.05, 3.63) is 34.4 Å². The molecule has 0 amide bonds. The van der Waals surface area contributed by atoms with Crippen molar-refractivity contribution in [3.8, 4) is 0 Å². The van der Waals surface area contributed by atoms with Crippen LogP contribution in [-0.2, 0) is 16.2 Å². The maximum atomic E-state index is 2.42. The molecule has 0 aliphatic heterocycles. The smallest absolute Gasteiger partial charge is 0.0129 e. The van der Waals surface area contributed by atoms with Crippen LogP contribution in [0.5, 0.6) is 0 Å². The molecule has 0 radical (unpaired) electrons. The third kappa shape index (κ3) is 3.61. The minimum Gasteiger partial charge on any atom is -0.0561 e. The van der Waals surface area contributed by atoms with Gasteiger partial charge in [-0.15, -0.1) is 0 Å². The van der Waals surface area contributed by atoms with Crippen LogP contribution in [-0.4, -0.2) is 0 Å². The molecule has 0 nitrogen and oxygen atoms in total. The van der Waals surface area contributed by atoms with Gasteiger partial charge in [0.05, 0.1) is 0 Å². The van der Waals surface area contributed by atoms with Gasteiger partial charge in [0, 0.05) is 0 Å². The molecular weight excluding hydrogens is 228 g/mol. The second-order valence-electron chi connectivity index (χ2n) is 8.95. The van der Waals surface area contributed by atoms with E-state index < -0.39 is 0 Å². The zero-order chi connectivity index (χ0) is 15.2. The predicted octanol–water partition coefficient (Wildman–Crippen LogP) is 5.89. The molecule has 0 aliphatic rings. The Balaban J connectivity index is 3.68. The molecule has 0 atom stereocenters. The van der Waals surface area contributed by atoms with E-state index in [0.717, 1.165) is 0 Å². The molecule has 0 spiro atoms. The summed E-state index contributed by atoms with van der Waals surface area (Å²) in [5, 5.41) is 0. The molecule has 1 aromatic carbocycles. The minimum atomic E-state index is 0.200. The van der Waals surface area contributed by atoms with Crippen LogP contribution in [0.4, 0.5) is 0 Å². The van der Waals surface area contributed by atoms with E-state index in [1.165, 1.54) is 22.3 Å². The molecule has 0 N–H and O–H groups in total. The number of benzene rings is 1. The van der Waals surface area contributed by atoms with E-state index in [0.29, 0.717) is 0 Å². The molecule has 0 unspecified atom stereocenters. The fourth-order valence-electron chi connectivity index (χ4n) is 2.71. The molecule has 0 bridgehead atoms. The summed E-state index contributed by atoms with van der Waals surface area (Å²) in [6.07, 6.45) is 0. The number of hydrogen-bond donors (Lipinski definition) is 0. The molecule has 0 aliphatic carbocycles. The zero-order valence-corrected chi connectivity index (χ0v) is 14.7. The highest BCUT2D eigenvalue weighted by molar-refractivity contribution is 5.46. The summed E-state index contributed by atoms with van der Waals surface area (Å²) in [6, 6.07) is 4.84. The van der Waals surface area contributed by atoms with Crippen LogP contribution in [0.2, 0.25) is 0 Å². The summed E-state index contributed by atoms with van der Waals surface area (Å²) in [4.78, 5) is 0. The second kappa shape index (κ2) is 4.65. The van der Waals surface area contributed by atoms with E-state index in [1.807, 2.05) is 0 Å². The van der Waals surface area contributed by atoms with E-state index in [9.17, 15) is 0 Å². The summed E-state index contributed by atoms with van der Waals surface area (Å²) in [5.41, 5.74) is 6.50. The predicted molar refractivity (Wildman–Crippen MR) is 87.3 cm³/mol. The summed E-state index contributed by atoms with van der Waals surface area (Å²) in [7, 11) is 0. The lowest BCUT2D eigenvalue weighted by Crippen LogP contribution is -2.23. The average molecular weight is 260 g/mol. The van der Waals surface area contributed by atoms with Gasteiger partial charge in [0.2, 0.25) is 0 Å². The third-order valence-electron chi connectivity index (χ3n) is 3.89. The molecule has 0 saturated carbocycles. The highest BCUT2D eigenvalue weighted by Crippen LogP contribution is 2.37. The van der Waals surface area contributed by atoms with Gasteiger partial charge in [-0.1, -0.05) is 74.4 Å². The van der Waals surface area contributed by atoms with Crippen LogP contribution in [0.25, 0.3) is 0 Å². The Hall–Kier alpha value is -0.780. The summed E-state index contributed by atoms with van der Waals surface area (Å²) in [6.45, 7) is 23.1. The van der Waals surface area contributed by atoms with Crippen LogP contribution in [0.3, 0.4) is 0 Å². The Kier molecular flexibility index (Phi) is 3.98. The van der Waals surface area contributed by atoms with E-state index in [1.54, 1.807) is 0 Å². The monoisotopic (exact) mass is 260 g/mol. The van der Waals surface area contributed by atoms with Crippen molar-refractivity contribution in [1.29, 1.82) is 0 Å². The van der Waals surface area contributed by atoms with Crippen molar-refractivity contribution in [2.24, 2.45) is 0 Å². The quantitative estimate of drug-likeness (QED) is 0.546. The Morgan fingerprint density at radius 1 is 0.579 bits per heavy atom. The van der Waals surface area contributed by atoms with Crippen LogP contribution in [0, 0.1) is 6.92 Å². The molecule has 108 valence electrons. The SMILES string of the molecule is Cc1c(C(C)(C)C)cc(C(C)(C)C)cc1C(C)(C)C. The maximum Gasteiger partial charge on any atom is -0.0129 e. The van der Waals surface area contributed by atoms with Crippen molar-refractivity contribution in [3.63, 3.8) is 0 Å². The normalized spacial score (nSPS) is 13.8. The summed E-state index contributed by atoms with van der Waals surface area (Å²) >= 11 is 0. The molecule has 0 heteroatoms. The van der Waals surface area contributed by atoms with Crippen molar-refractivity contribution in [1.82, 2.24) is 0 Å². The van der Waals surface area contributed by atoms with Crippen molar-refractivity contribution in [2.45, 2.75) is 85.5 Å². The molecule has 19 heavy (non-hydrogen) atoms. The van der Waals surface area contributed by atoms with E-state index in [4.69, 9.17) is 0 Å². The Labute approximate surface area is 120 Å². The third-order valence-corrected chi connectivity index (χ3v) is 3.89. The molecule has 1 rings (SSSR count). The largest absolute Gasteiger partial charge is 0.0561 e. The first kappa shape index (κ1) is 16.3. The summed E-state index contributed by atoms with van der Waals surface area (Å²) in [5.74, 6) is 0. The van der Waals surface area contributed by atoms with Gasteiger partial charge < -0.3 is 0 Å². The van der Waals surface area contributed by atoms with Gasteiger partial charge in [-0.2, -0.15) is 0 Å². The first-order valence-corrected chi connectivity index (χ1v) is 7.40. The minimum absolute atomic E-state index is 0.200. The lowest BCUT2D eigenvalue weighted by molar-refractivity contribution is 0.542. The lowest BCUT2D eigenvalue weighted by atomic mass is 9.73. The van der Waals surface area contributed by atoms with Crippen LogP contribution < -0.4 is 0 Å². The topological polar surface area (TPSA) is 0 Å². The van der Waals surface area contributed by atoms with Gasteiger partial charge >= 0.3 is 0 Å². The van der Waals surface area contributed by atoms with Crippen LogP contribution in [0.1, 0.15) is 84.6 Å². The standard InChI is InChI=1S/C19H32/c1-13-15(18(5,6)7)11-14(17(2,3)4)12-16(13)19(8,9)10/h11-12H,1-10H3. The number of hydrogen-bond acceptors (Lipinski definition) is 0. The molecule has 0 heterocycles. The molecule has 0 saturated heterocycles. The molecule has 0 fully saturated rings. The highest BCUT2D eigenvalue weighted by atomic mass is 14.3. The van der Waals surface area contributed by atoms with E-state index in [-0.39, 0.29) is 16.2 Å². The van der Waals surface area contributed by atoms with Crippen molar-refractivity contribution < 1.29 is 0 Å². The van der Waals surface area contributed by atoms with Gasteiger partial charge in [0.1, 0.15) is 0 Å². The van der Waals surface area contributed by atoms with Crippen molar-refractivity contribution in [2.75, 3.05) is 0 Å². The Morgan fingerprint density at radius 3 is 1.11 bits per heavy atom. The van der Waals surface area contributed by atoms with Gasteiger partial charge in [-0.25, -0.2) is 0 Å².